The zero-order valence-corrected chi connectivity index (χ0v) is 11.7. The first-order chi connectivity index (χ1) is 7.53. The number of aliphatic hydroxyl groups is 1. The van der Waals surface area contributed by atoms with E-state index in [9.17, 15) is 9.90 Å². The van der Waals surface area contributed by atoms with Crippen molar-refractivity contribution in [2.24, 2.45) is 5.92 Å². The molecule has 100 valence electrons. The van der Waals surface area contributed by atoms with E-state index in [0.29, 0.717) is 6.42 Å². The van der Waals surface area contributed by atoms with Crippen molar-refractivity contribution in [3.05, 3.63) is 0 Å². The Hall–Kier alpha value is -0.610. The van der Waals surface area contributed by atoms with Crippen LogP contribution in [0.15, 0.2) is 0 Å². The van der Waals surface area contributed by atoms with Gasteiger partial charge in [-0.1, -0.05) is 0 Å². The summed E-state index contributed by atoms with van der Waals surface area (Å²) in [6.07, 6.45) is 0.631. The maximum atomic E-state index is 11.8. The second kappa shape index (κ2) is 4.25. The lowest BCUT2D eigenvalue weighted by molar-refractivity contribution is -0.176. The molecule has 0 bridgehead atoms. The zero-order valence-electron chi connectivity index (χ0n) is 11.7. The van der Waals surface area contributed by atoms with Gasteiger partial charge in [0, 0.05) is 5.92 Å². The first-order valence-electron chi connectivity index (χ1n) is 6.13. The molecule has 4 heteroatoms. The summed E-state index contributed by atoms with van der Waals surface area (Å²) in [6.45, 7) is 11.3. The monoisotopic (exact) mass is 244 g/mol. The smallest absolute Gasteiger partial charge is 0.338 e. The molecular formula is C13H24O4. The van der Waals surface area contributed by atoms with Gasteiger partial charge >= 0.3 is 5.97 Å². The van der Waals surface area contributed by atoms with Crippen LogP contribution < -0.4 is 0 Å². The molecule has 0 spiro atoms. The van der Waals surface area contributed by atoms with Gasteiger partial charge in [-0.2, -0.15) is 0 Å². The normalized spacial score (nSPS) is 29.7. The number of esters is 1. The molecule has 4 nitrogen and oxygen atoms in total. The molecule has 0 aliphatic carbocycles. The van der Waals surface area contributed by atoms with Crippen LogP contribution in [0.25, 0.3) is 0 Å². The second-order valence-corrected chi connectivity index (χ2v) is 6.09. The van der Waals surface area contributed by atoms with E-state index >= 15 is 0 Å². The van der Waals surface area contributed by atoms with Gasteiger partial charge in [0.05, 0.1) is 17.8 Å². The Balaban J connectivity index is 2.95. The Morgan fingerprint density at radius 3 is 2.35 bits per heavy atom. The standard InChI is InChI=1S/C13H24O4/c1-7-16-10(14)13(6,15)9-8-11(2,3)17-12(9,4)5/h9,15H,7-8H2,1-6H3. The minimum absolute atomic E-state index is 0.270. The minimum Gasteiger partial charge on any atom is -0.464 e. The molecule has 0 aromatic rings. The van der Waals surface area contributed by atoms with E-state index in [4.69, 9.17) is 9.47 Å². The highest BCUT2D eigenvalue weighted by molar-refractivity contribution is 5.79. The molecule has 17 heavy (non-hydrogen) atoms. The van der Waals surface area contributed by atoms with Crippen LogP contribution in [-0.4, -0.2) is 34.5 Å². The van der Waals surface area contributed by atoms with Gasteiger partial charge in [-0.25, -0.2) is 4.79 Å². The molecular weight excluding hydrogens is 220 g/mol. The van der Waals surface area contributed by atoms with Gasteiger partial charge in [-0.05, 0) is 48.0 Å². The largest absolute Gasteiger partial charge is 0.464 e. The lowest BCUT2D eigenvalue weighted by Crippen LogP contribution is -2.50. The lowest BCUT2D eigenvalue weighted by atomic mass is 9.75. The molecule has 1 heterocycles. The van der Waals surface area contributed by atoms with Crippen molar-refractivity contribution in [1.29, 1.82) is 0 Å². The second-order valence-electron chi connectivity index (χ2n) is 6.09. The molecule has 1 rings (SSSR count). The molecule has 0 radical (unpaired) electrons. The van der Waals surface area contributed by atoms with E-state index in [1.807, 2.05) is 27.7 Å². The third kappa shape index (κ3) is 2.80. The van der Waals surface area contributed by atoms with Crippen molar-refractivity contribution in [3.63, 3.8) is 0 Å². The van der Waals surface area contributed by atoms with Gasteiger partial charge in [0.15, 0.2) is 5.60 Å². The molecule has 1 fully saturated rings. The summed E-state index contributed by atoms with van der Waals surface area (Å²) in [6, 6.07) is 0. The summed E-state index contributed by atoms with van der Waals surface area (Å²) < 4.78 is 10.8. The van der Waals surface area contributed by atoms with Crippen molar-refractivity contribution in [2.45, 2.75) is 64.8 Å². The number of hydrogen-bond donors (Lipinski definition) is 1. The number of hydrogen-bond acceptors (Lipinski definition) is 4. The van der Waals surface area contributed by atoms with Crippen molar-refractivity contribution >= 4 is 5.97 Å². The maximum absolute atomic E-state index is 11.8. The van der Waals surface area contributed by atoms with Crippen LogP contribution in [0.2, 0.25) is 0 Å². The zero-order chi connectivity index (χ0) is 13.5. The van der Waals surface area contributed by atoms with E-state index in [2.05, 4.69) is 0 Å². The van der Waals surface area contributed by atoms with Gasteiger partial charge in [-0.3, -0.25) is 0 Å². The highest BCUT2D eigenvalue weighted by Gasteiger charge is 2.56. The highest BCUT2D eigenvalue weighted by atomic mass is 16.6. The highest BCUT2D eigenvalue weighted by Crippen LogP contribution is 2.47. The van der Waals surface area contributed by atoms with Crippen molar-refractivity contribution in [2.75, 3.05) is 6.61 Å². The van der Waals surface area contributed by atoms with Crippen LogP contribution in [0, 0.1) is 5.92 Å². The molecule has 0 aromatic carbocycles. The van der Waals surface area contributed by atoms with Crippen LogP contribution in [0.3, 0.4) is 0 Å². The summed E-state index contributed by atoms with van der Waals surface area (Å²) in [4.78, 5) is 11.8. The summed E-state index contributed by atoms with van der Waals surface area (Å²) >= 11 is 0. The van der Waals surface area contributed by atoms with Crippen LogP contribution >= 0.6 is 0 Å². The van der Waals surface area contributed by atoms with Gasteiger partial charge in [-0.15, -0.1) is 0 Å². The number of carbonyl (C=O) groups is 1. The van der Waals surface area contributed by atoms with Crippen LogP contribution in [0.4, 0.5) is 0 Å². The fourth-order valence-electron chi connectivity index (χ4n) is 2.86. The first-order valence-corrected chi connectivity index (χ1v) is 6.13. The molecule has 2 unspecified atom stereocenters. The summed E-state index contributed by atoms with van der Waals surface area (Å²) in [5.41, 5.74) is -2.38. The Kier molecular flexibility index (Phi) is 3.61. The van der Waals surface area contributed by atoms with Gasteiger partial charge < -0.3 is 14.6 Å². The quantitative estimate of drug-likeness (QED) is 0.770. The van der Waals surface area contributed by atoms with Gasteiger partial charge in [0.2, 0.25) is 0 Å². The predicted molar refractivity (Wildman–Crippen MR) is 64.6 cm³/mol. The van der Waals surface area contributed by atoms with Crippen LogP contribution in [-0.2, 0) is 14.3 Å². The van der Waals surface area contributed by atoms with Gasteiger partial charge in [0.1, 0.15) is 0 Å². The fourth-order valence-corrected chi connectivity index (χ4v) is 2.86. The minimum atomic E-state index is -1.51. The maximum Gasteiger partial charge on any atom is 0.338 e. The Morgan fingerprint density at radius 2 is 2.00 bits per heavy atom. The van der Waals surface area contributed by atoms with Crippen LogP contribution in [0.5, 0.6) is 0 Å². The lowest BCUT2D eigenvalue weighted by Gasteiger charge is -2.35. The summed E-state index contributed by atoms with van der Waals surface area (Å²) in [5, 5.41) is 10.4. The molecule has 2 atom stereocenters. The van der Waals surface area contributed by atoms with E-state index in [1.54, 1.807) is 6.92 Å². The molecule has 1 aliphatic heterocycles. The molecule has 1 saturated heterocycles. The average molecular weight is 244 g/mol. The van der Waals surface area contributed by atoms with E-state index in [0.717, 1.165) is 0 Å². The first kappa shape index (κ1) is 14.5. The Labute approximate surface area is 103 Å². The summed E-state index contributed by atoms with van der Waals surface area (Å²) in [5.74, 6) is -0.844. The molecule has 1 aliphatic rings. The van der Waals surface area contributed by atoms with E-state index in [1.165, 1.54) is 6.92 Å². The number of rotatable bonds is 3. The molecule has 0 aromatic heterocycles. The number of ether oxygens (including phenoxy) is 2. The average Bonchev–Trinajstić information content (AvgIpc) is 2.35. The topological polar surface area (TPSA) is 55.8 Å². The third-order valence-corrected chi connectivity index (χ3v) is 3.44. The van der Waals surface area contributed by atoms with Crippen LogP contribution in [0.1, 0.15) is 48.0 Å². The van der Waals surface area contributed by atoms with Crippen molar-refractivity contribution < 1.29 is 19.4 Å². The Bertz CT molecular complexity index is 305. The SMILES string of the molecule is CCOC(=O)C(C)(O)C1CC(C)(C)OC1(C)C. The van der Waals surface area contributed by atoms with Gasteiger partial charge in [0.25, 0.3) is 0 Å². The summed E-state index contributed by atoms with van der Waals surface area (Å²) in [7, 11) is 0. The van der Waals surface area contributed by atoms with E-state index < -0.39 is 17.2 Å². The third-order valence-electron chi connectivity index (χ3n) is 3.44. The molecule has 0 amide bonds. The Morgan fingerprint density at radius 1 is 1.47 bits per heavy atom. The molecule has 1 N–H and O–H groups in total. The van der Waals surface area contributed by atoms with E-state index in [-0.39, 0.29) is 18.1 Å². The number of carbonyl (C=O) groups excluding carboxylic acids is 1. The van der Waals surface area contributed by atoms with Crippen molar-refractivity contribution in [3.8, 4) is 0 Å². The molecule has 0 saturated carbocycles. The predicted octanol–water partition coefficient (Wildman–Crippen LogP) is 1.89. The van der Waals surface area contributed by atoms with Crippen molar-refractivity contribution in [1.82, 2.24) is 0 Å². The fraction of sp³-hybridized carbons (Fsp3) is 0.923.